The van der Waals surface area contributed by atoms with E-state index in [0.717, 1.165) is 24.2 Å². The first-order valence-corrected chi connectivity index (χ1v) is 5.19. The summed E-state index contributed by atoms with van der Waals surface area (Å²) < 4.78 is 1.89. The van der Waals surface area contributed by atoms with Crippen LogP contribution in [0.15, 0.2) is 18.6 Å². The molecule has 16 heavy (non-hydrogen) atoms. The molecule has 0 spiro atoms. The van der Waals surface area contributed by atoms with Crippen LogP contribution >= 0.6 is 0 Å². The number of rotatable bonds is 5. The molecule has 2 aromatic heterocycles. The fraction of sp³-hybridized carbons (Fsp3) is 0.444. The molecule has 0 radical (unpaired) electrons. The number of hydrazine groups is 1. The van der Waals surface area contributed by atoms with Crippen molar-refractivity contribution in [2.75, 3.05) is 0 Å². The van der Waals surface area contributed by atoms with Gasteiger partial charge >= 0.3 is 0 Å². The van der Waals surface area contributed by atoms with Gasteiger partial charge in [0.25, 0.3) is 0 Å². The van der Waals surface area contributed by atoms with E-state index in [1.807, 2.05) is 10.9 Å². The third-order valence-corrected chi connectivity index (χ3v) is 2.34. The quantitative estimate of drug-likeness (QED) is 0.486. The van der Waals surface area contributed by atoms with Crippen molar-refractivity contribution in [3.8, 4) is 0 Å². The molecular formula is C9H15N7. The fourth-order valence-electron chi connectivity index (χ4n) is 1.58. The molecule has 7 nitrogen and oxygen atoms in total. The van der Waals surface area contributed by atoms with E-state index in [1.165, 1.54) is 0 Å². The van der Waals surface area contributed by atoms with Crippen molar-refractivity contribution in [3.63, 3.8) is 0 Å². The van der Waals surface area contributed by atoms with E-state index in [2.05, 4.69) is 32.9 Å². The molecule has 2 heterocycles. The first-order valence-electron chi connectivity index (χ1n) is 5.19. The molecular weight excluding hydrogens is 206 g/mol. The summed E-state index contributed by atoms with van der Waals surface area (Å²) in [7, 11) is 0. The molecule has 86 valence electrons. The summed E-state index contributed by atoms with van der Waals surface area (Å²) in [5.41, 5.74) is 4.43. The highest BCUT2D eigenvalue weighted by Crippen LogP contribution is 2.17. The van der Waals surface area contributed by atoms with Gasteiger partial charge in [0, 0.05) is 18.3 Å². The highest BCUT2D eigenvalue weighted by Gasteiger charge is 2.16. The maximum atomic E-state index is 5.51. The van der Waals surface area contributed by atoms with Crippen molar-refractivity contribution >= 4 is 0 Å². The smallest absolute Gasteiger partial charge is 0.105 e. The molecule has 2 rings (SSSR count). The highest BCUT2D eigenvalue weighted by atomic mass is 15.3. The first-order chi connectivity index (χ1) is 7.85. The van der Waals surface area contributed by atoms with E-state index in [1.54, 1.807) is 12.4 Å². The number of hydrogen-bond acceptors (Lipinski definition) is 5. The molecule has 0 aliphatic rings. The lowest BCUT2D eigenvalue weighted by molar-refractivity contribution is 0.595. The van der Waals surface area contributed by atoms with E-state index < -0.39 is 0 Å². The Morgan fingerprint density at radius 3 is 3.06 bits per heavy atom. The van der Waals surface area contributed by atoms with Gasteiger partial charge in [-0.25, -0.2) is 5.43 Å². The molecule has 0 aliphatic carbocycles. The second-order valence-corrected chi connectivity index (χ2v) is 3.53. The Hall–Kier alpha value is -1.73. The molecule has 0 fully saturated rings. The van der Waals surface area contributed by atoms with Crippen LogP contribution in [-0.2, 0) is 6.54 Å². The van der Waals surface area contributed by atoms with Crippen LogP contribution in [0.1, 0.15) is 30.6 Å². The standard InChI is InChI=1S/C9H15N7/c1-2-3-16-6-7(4-12-16)9(13-10)8-5-11-15-14-8/h4-6,9,13H,2-3,10H2,1H3,(H,11,14,15). The lowest BCUT2D eigenvalue weighted by atomic mass is 10.1. The maximum Gasteiger partial charge on any atom is 0.105 e. The minimum absolute atomic E-state index is 0.177. The Morgan fingerprint density at radius 2 is 2.44 bits per heavy atom. The van der Waals surface area contributed by atoms with Crippen molar-refractivity contribution in [1.29, 1.82) is 0 Å². The van der Waals surface area contributed by atoms with Gasteiger partial charge in [-0.15, -0.1) is 0 Å². The SMILES string of the molecule is CCCn1cc(C(NN)c2cn[nH]n2)cn1. The maximum absolute atomic E-state index is 5.51. The Morgan fingerprint density at radius 1 is 1.56 bits per heavy atom. The second kappa shape index (κ2) is 4.86. The largest absolute Gasteiger partial charge is 0.272 e. The summed E-state index contributed by atoms with van der Waals surface area (Å²) in [6.45, 7) is 3.01. The fourth-order valence-corrected chi connectivity index (χ4v) is 1.58. The molecule has 1 unspecified atom stereocenters. The Labute approximate surface area is 93.0 Å². The van der Waals surface area contributed by atoms with Crippen LogP contribution < -0.4 is 11.3 Å². The van der Waals surface area contributed by atoms with Crippen LogP contribution in [0.2, 0.25) is 0 Å². The third-order valence-electron chi connectivity index (χ3n) is 2.34. The van der Waals surface area contributed by atoms with E-state index in [-0.39, 0.29) is 6.04 Å². The van der Waals surface area contributed by atoms with E-state index >= 15 is 0 Å². The Balaban J connectivity index is 2.20. The van der Waals surface area contributed by atoms with Crippen molar-refractivity contribution < 1.29 is 0 Å². The Bertz CT molecular complexity index is 419. The number of nitrogens with zero attached hydrogens (tertiary/aromatic N) is 4. The number of aryl methyl sites for hydroxylation is 1. The van der Waals surface area contributed by atoms with Crippen LogP contribution in [0.4, 0.5) is 0 Å². The molecule has 0 saturated heterocycles. The van der Waals surface area contributed by atoms with Crippen molar-refractivity contribution in [2.24, 2.45) is 5.84 Å². The number of hydrogen-bond donors (Lipinski definition) is 3. The number of aromatic nitrogens is 5. The van der Waals surface area contributed by atoms with Gasteiger partial charge in [-0.1, -0.05) is 6.92 Å². The monoisotopic (exact) mass is 221 g/mol. The molecule has 0 aromatic carbocycles. The molecule has 0 saturated carbocycles. The summed E-state index contributed by atoms with van der Waals surface area (Å²) in [5, 5.41) is 14.6. The number of nitrogens with two attached hydrogens (primary N) is 1. The van der Waals surface area contributed by atoms with Crippen molar-refractivity contribution in [2.45, 2.75) is 25.9 Å². The summed E-state index contributed by atoms with van der Waals surface area (Å²) >= 11 is 0. The van der Waals surface area contributed by atoms with Crippen molar-refractivity contribution in [3.05, 3.63) is 29.8 Å². The van der Waals surface area contributed by atoms with Gasteiger partial charge in [0.2, 0.25) is 0 Å². The molecule has 4 N–H and O–H groups in total. The van der Waals surface area contributed by atoms with Gasteiger partial charge in [0.1, 0.15) is 5.69 Å². The average Bonchev–Trinajstić information content (AvgIpc) is 2.92. The average molecular weight is 221 g/mol. The zero-order chi connectivity index (χ0) is 11.4. The minimum atomic E-state index is -0.177. The summed E-state index contributed by atoms with van der Waals surface area (Å²) in [6.07, 6.45) is 6.44. The normalized spacial score (nSPS) is 12.9. The van der Waals surface area contributed by atoms with Gasteiger partial charge in [-0.2, -0.15) is 20.5 Å². The molecule has 0 aliphatic heterocycles. The van der Waals surface area contributed by atoms with Crippen LogP contribution in [0, 0.1) is 0 Å². The summed E-state index contributed by atoms with van der Waals surface area (Å²) in [5.74, 6) is 5.51. The minimum Gasteiger partial charge on any atom is -0.272 e. The van der Waals surface area contributed by atoms with E-state index in [0.29, 0.717) is 0 Å². The lowest BCUT2D eigenvalue weighted by Gasteiger charge is -2.09. The number of nitrogens with one attached hydrogen (secondary N) is 2. The van der Waals surface area contributed by atoms with Crippen LogP contribution in [0.3, 0.4) is 0 Å². The zero-order valence-electron chi connectivity index (χ0n) is 9.09. The first kappa shape index (κ1) is 10.8. The van der Waals surface area contributed by atoms with Gasteiger partial charge in [0.05, 0.1) is 18.4 Å². The molecule has 7 heteroatoms. The topological polar surface area (TPSA) is 97.4 Å². The van der Waals surface area contributed by atoms with Crippen molar-refractivity contribution in [1.82, 2.24) is 30.6 Å². The highest BCUT2D eigenvalue weighted by molar-refractivity contribution is 5.20. The predicted octanol–water partition coefficient (Wildman–Crippen LogP) is -0.0361. The van der Waals surface area contributed by atoms with Crippen LogP contribution in [0.5, 0.6) is 0 Å². The predicted molar refractivity (Wildman–Crippen MR) is 58.1 cm³/mol. The van der Waals surface area contributed by atoms with Gasteiger partial charge < -0.3 is 0 Å². The van der Waals surface area contributed by atoms with Gasteiger partial charge in [-0.05, 0) is 6.42 Å². The molecule has 2 aromatic rings. The van der Waals surface area contributed by atoms with E-state index in [4.69, 9.17) is 5.84 Å². The Kier molecular flexibility index (Phi) is 3.28. The van der Waals surface area contributed by atoms with Gasteiger partial charge in [0.15, 0.2) is 0 Å². The van der Waals surface area contributed by atoms with Crippen LogP contribution in [-0.4, -0.2) is 25.2 Å². The second-order valence-electron chi connectivity index (χ2n) is 3.53. The molecule has 1 atom stereocenters. The van der Waals surface area contributed by atoms with E-state index in [9.17, 15) is 0 Å². The van der Waals surface area contributed by atoms with Crippen LogP contribution in [0.25, 0.3) is 0 Å². The van der Waals surface area contributed by atoms with Gasteiger partial charge in [-0.3, -0.25) is 10.5 Å². The number of H-pyrrole nitrogens is 1. The summed E-state index contributed by atoms with van der Waals surface area (Å²) in [6, 6.07) is -0.177. The summed E-state index contributed by atoms with van der Waals surface area (Å²) in [4.78, 5) is 0. The lowest BCUT2D eigenvalue weighted by Crippen LogP contribution is -2.28. The third kappa shape index (κ3) is 2.10. The molecule has 0 bridgehead atoms. The molecule has 0 amide bonds. The number of aromatic amines is 1. The zero-order valence-corrected chi connectivity index (χ0v) is 9.09.